The highest BCUT2D eigenvalue weighted by molar-refractivity contribution is 7.98. The largest absolute Gasteiger partial charge is 0.497 e. The van der Waals surface area contributed by atoms with E-state index in [-0.39, 0.29) is 5.56 Å². The summed E-state index contributed by atoms with van der Waals surface area (Å²) in [6.45, 7) is 0.435. The highest BCUT2D eigenvalue weighted by atomic mass is 32.2. The lowest BCUT2D eigenvalue weighted by Crippen LogP contribution is -2.24. The second kappa shape index (κ2) is 8.27. The number of hydrogen-bond donors (Lipinski definition) is 0. The number of thioether (sulfide) groups is 1. The Morgan fingerprint density at radius 2 is 1.89 bits per heavy atom. The molecule has 0 unspecified atom stereocenters. The topological polar surface area (TPSA) is 57.0 Å². The van der Waals surface area contributed by atoms with E-state index in [9.17, 15) is 4.79 Å². The molecule has 0 aliphatic rings. The van der Waals surface area contributed by atoms with Crippen molar-refractivity contribution in [3.8, 4) is 5.75 Å². The van der Waals surface area contributed by atoms with Crippen LogP contribution in [-0.4, -0.2) is 21.6 Å². The molecule has 0 aliphatic carbocycles. The first-order chi connectivity index (χ1) is 13.7. The third-order valence-electron chi connectivity index (χ3n) is 4.39. The minimum absolute atomic E-state index is 0.0393. The maximum absolute atomic E-state index is 13.1. The van der Waals surface area contributed by atoms with Gasteiger partial charge in [0.15, 0.2) is 5.16 Å². The molecule has 140 valence electrons. The van der Waals surface area contributed by atoms with Crippen molar-refractivity contribution in [2.45, 2.75) is 17.5 Å². The molecule has 0 amide bonds. The summed E-state index contributed by atoms with van der Waals surface area (Å²) in [7, 11) is 1.66. The van der Waals surface area contributed by atoms with Crippen molar-refractivity contribution in [1.29, 1.82) is 0 Å². The summed E-state index contributed by atoms with van der Waals surface area (Å²) in [5.74, 6) is 1.51. The van der Waals surface area contributed by atoms with Gasteiger partial charge in [0, 0.05) is 18.1 Å². The zero-order valence-electron chi connectivity index (χ0n) is 15.4. The quantitative estimate of drug-likeness (QED) is 0.366. The van der Waals surface area contributed by atoms with E-state index in [2.05, 4.69) is 4.98 Å². The monoisotopic (exact) mass is 389 g/mol. The van der Waals surface area contributed by atoms with E-state index >= 15 is 0 Å². The molecule has 0 saturated carbocycles. The first-order valence-corrected chi connectivity index (χ1v) is 9.87. The second-order valence-electron chi connectivity index (χ2n) is 6.30. The summed E-state index contributed by atoms with van der Waals surface area (Å²) in [5, 5.41) is 1.31. The zero-order chi connectivity index (χ0) is 19.3. The molecule has 0 fully saturated rings. The molecule has 6 heteroatoms. The van der Waals surface area contributed by atoms with Crippen molar-refractivity contribution >= 4 is 22.7 Å². The minimum Gasteiger partial charge on any atom is -0.497 e. The van der Waals surface area contributed by atoms with Crippen LogP contribution in [0.5, 0.6) is 5.75 Å². The van der Waals surface area contributed by atoms with Crippen molar-refractivity contribution in [2.24, 2.45) is 0 Å². The van der Waals surface area contributed by atoms with Crippen LogP contribution in [0.1, 0.15) is 11.1 Å². The fourth-order valence-electron chi connectivity index (χ4n) is 2.98. The van der Waals surface area contributed by atoms with E-state index in [1.54, 1.807) is 35.8 Å². The van der Waals surface area contributed by atoms with Gasteiger partial charge in [-0.15, -0.1) is 0 Å². The van der Waals surface area contributed by atoms with Crippen molar-refractivity contribution in [1.82, 2.24) is 14.5 Å². The van der Waals surface area contributed by atoms with Gasteiger partial charge in [-0.25, -0.2) is 4.98 Å². The van der Waals surface area contributed by atoms with Gasteiger partial charge in [0.1, 0.15) is 5.75 Å². The summed E-state index contributed by atoms with van der Waals surface area (Å²) in [6, 6.07) is 19.2. The third kappa shape index (κ3) is 3.92. The molecule has 2 aromatic carbocycles. The number of para-hydroxylation sites is 1. The van der Waals surface area contributed by atoms with Crippen molar-refractivity contribution < 1.29 is 4.74 Å². The SMILES string of the molecule is COc1cccc(CSc2nc3ccccc3c(=O)n2Cc2cccnc2)c1. The molecule has 28 heavy (non-hydrogen) atoms. The van der Waals surface area contributed by atoms with E-state index in [1.165, 1.54) is 0 Å². The molecule has 0 saturated heterocycles. The Hall–Kier alpha value is -3.12. The molecule has 4 rings (SSSR count). The Labute approximate surface area is 167 Å². The van der Waals surface area contributed by atoms with Crippen molar-refractivity contribution in [2.75, 3.05) is 7.11 Å². The number of hydrogen-bond acceptors (Lipinski definition) is 5. The summed E-state index contributed by atoms with van der Waals surface area (Å²) < 4.78 is 7.03. The highest BCUT2D eigenvalue weighted by Gasteiger charge is 2.12. The standard InChI is InChI=1S/C22H19N3O2S/c1-27-18-8-4-6-16(12-18)15-28-22-24-20-10-3-2-9-19(20)21(26)25(22)14-17-7-5-11-23-13-17/h2-13H,14-15H2,1H3. The number of aromatic nitrogens is 3. The van der Waals surface area contributed by atoms with Crippen LogP contribution in [-0.2, 0) is 12.3 Å². The van der Waals surface area contributed by atoms with E-state index in [1.807, 2.05) is 60.7 Å². The summed E-state index contributed by atoms with van der Waals surface area (Å²) >= 11 is 1.54. The van der Waals surface area contributed by atoms with E-state index in [0.717, 1.165) is 16.9 Å². The molecule has 4 aromatic rings. The summed E-state index contributed by atoms with van der Waals surface area (Å²) in [4.78, 5) is 22.1. The van der Waals surface area contributed by atoms with E-state index < -0.39 is 0 Å². The van der Waals surface area contributed by atoms with Gasteiger partial charge in [-0.3, -0.25) is 14.3 Å². The molecular formula is C22H19N3O2S. The average molecular weight is 389 g/mol. The number of methoxy groups -OCH3 is 1. The lowest BCUT2D eigenvalue weighted by Gasteiger charge is -2.13. The maximum Gasteiger partial charge on any atom is 0.262 e. The van der Waals surface area contributed by atoms with Crippen LogP contribution >= 0.6 is 11.8 Å². The zero-order valence-corrected chi connectivity index (χ0v) is 16.2. The third-order valence-corrected chi connectivity index (χ3v) is 5.44. The van der Waals surface area contributed by atoms with Gasteiger partial charge in [-0.05, 0) is 41.5 Å². The molecule has 2 aromatic heterocycles. The molecular weight excluding hydrogens is 370 g/mol. The fourth-order valence-corrected chi connectivity index (χ4v) is 3.92. The van der Waals surface area contributed by atoms with Crippen LogP contribution in [0.2, 0.25) is 0 Å². The molecule has 0 spiro atoms. The lowest BCUT2D eigenvalue weighted by atomic mass is 10.2. The fraction of sp³-hybridized carbons (Fsp3) is 0.136. The predicted molar refractivity (Wildman–Crippen MR) is 112 cm³/mol. The Bertz CT molecular complexity index is 1160. The number of fused-ring (bicyclic) bond motifs is 1. The Morgan fingerprint density at radius 1 is 1.04 bits per heavy atom. The first kappa shape index (κ1) is 18.3. The Kier molecular flexibility index (Phi) is 5.39. The number of benzene rings is 2. The van der Waals surface area contributed by atoms with Gasteiger partial charge in [-0.2, -0.15) is 0 Å². The van der Waals surface area contributed by atoms with Crippen LogP contribution in [0.25, 0.3) is 10.9 Å². The number of rotatable bonds is 6. The minimum atomic E-state index is -0.0393. The van der Waals surface area contributed by atoms with Gasteiger partial charge in [0.2, 0.25) is 0 Å². The summed E-state index contributed by atoms with van der Waals surface area (Å²) in [5.41, 5.74) is 2.75. The van der Waals surface area contributed by atoms with Gasteiger partial charge in [0.05, 0.1) is 24.6 Å². The van der Waals surface area contributed by atoms with Crippen molar-refractivity contribution in [3.05, 3.63) is 94.5 Å². The number of nitrogens with zero attached hydrogens (tertiary/aromatic N) is 3. The van der Waals surface area contributed by atoms with Gasteiger partial charge < -0.3 is 4.74 Å². The van der Waals surface area contributed by atoms with Crippen LogP contribution in [0.4, 0.5) is 0 Å². The van der Waals surface area contributed by atoms with Crippen molar-refractivity contribution in [3.63, 3.8) is 0 Å². The van der Waals surface area contributed by atoms with Crippen LogP contribution < -0.4 is 10.3 Å². The maximum atomic E-state index is 13.1. The predicted octanol–water partition coefficient (Wildman–Crippen LogP) is 4.14. The molecule has 0 bridgehead atoms. The second-order valence-corrected chi connectivity index (χ2v) is 7.25. The summed E-state index contributed by atoms with van der Waals surface area (Å²) in [6.07, 6.45) is 3.50. The Balaban J connectivity index is 1.72. The molecule has 0 radical (unpaired) electrons. The molecule has 0 atom stereocenters. The molecule has 2 heterocycles. The number of ether oxygens (including phenoxy) is 1. The van der Waals surface area contributed by atoms with Crippen LogP contribution in [0.15, 0.2) is 83.0 Å². The van der Waals surface area contributed by atoms with Crippen LogP contribution in [0, 0.1) is 0 Å². The normalized spacial score (nSPS) is 10.9. The highest BCUT2D eigenvalue weighted by Crippen LogP contribution is 2.24. The first-order valence-electron chi connectivity index (χ1n) is 8.89. The van der Waals surface area contributed by atoms with Gasteiger partial charge in [-0.1, -0.05) is 42.1 Å². The molecule has 0 aliphatic heterocycles. The van der Waals surface area contributed by atoms with Gasteiger partial charge in [0.25, 0.3) is 5.56 Å². The Morgan fingerprint density at radius 3 is 2.71 bits per heavy atom. The van der Waals surface area contributed by atoms with E-state index in [4.69, 9.17) is 9.72 Å². The molecule has 0 N–H and O–H groups in total. The molecule has 5 nitrogen and oxygen atoms in total. The van der Waals surface area contributed by atoms with E-state index in [0.29, 0.717) is 28.4 Å². The average Bonchev–Trinajstić information content (AvgIpc) is 2.75. The van der Waals surface area contributed by atoms with Gasteiger partial charge >= 0.3 is 0 Å². The number of pyridine rings is 1. The smallest absolute Gasteiger partial charge is 0.262 e. The lowest BCUT2D eigenvalue weighted by molar-refractivity contribution is 0.414. The van der Waals surface area contributed by atoms with Crippen LogP contribution in [0.3, 0.4) is 0 Å².